The molecule has 102 valence electrons. The molecule has 2 aromatic heterocycles. The SMILES string of the molecule is COc1c(C)cnc(Cn2cc(CCN)cn2)c1C. The normalized spacial score (nSPS) is 10.7. The summed E-state index contributed by atoms with van der Waals surface area (Å²) >= 11 is 0. The summed E-state index contributed by atoms with van der Waals surface area (Å²) in [7, 11) is 1.69. The third-order valence-corrected chi connectivity index (χ3v) is 3.18. The van der Waals surface area contributed by atoms with Crippen LogP contribution in [0.15, 0.2) is 18.6 Å². The van der Waals surface area contributed by atoms with Crippen molar-refractivity contribution in [1.29, 1.82) is 0 Å². The van der Waals surface area contributed by atoms with Gasteiger partial charge < -0.3 is 10.5 Å². The molecule has 0 aliphatic rings. The Morgan fingerprint density at radius 3 is 2.79 bits per heavy atom. The summed E-state index contributed by atoms with van der Waals surface area (Å²) in [5.74, 6) is 0.902. The third-order valence-electron chi connectivity index (χ3n) is 3.18. The Kier molecular flexibility index (Phi) is 4.16. The standard InChI is InChI=1S/C14H20N4O/c1-10-6-16-13(11(2)14(10)19-3)9-18-8-12(4-5-15)7-17-18/h6-8H,4-5,9,15H2,1-3H3. The van der Waals surface area contributed by atoms with E-state index >= 15 is 0 Å². The van der Waals surface area contributed by atoms with Gasteiger partial charge in [-0.25, -0.2) is 0 Å². The average Bonchev–Trinajstić information content (AvgIpc) is 2.82. The highest BCUT2D eigenvalue weighted by Crippen LogP contribution is 2.24. The minimum Gasteiger partial charge on any atom is -0.496 e. The monoisotopic (exact) mass is 260 g/mol. The second kappa shape index (κ2) is 5.84. The van der Waals surface area contributed by atoms with E-state index in [0.29, 0.717) is 13.1 Å². The fraction of sp³-hybridized carbons (Fsp3) is 0.429. The molecule has 0 aromatic carbocycles. The Balaban J connectivity index is 2.23. The fourth-order valence-corrected chi connectivity index (χ4v) is 2.17. The predicted molar refractivity (Wildman–Crippen MR) is 74.4 cm³/mol. The highest BCUT2D eigenvalue weighted by molar-refractivity contribution is 5.41. The lowest BCUT2D eigenvalue weighted by atomic mass is 10.1. The van der Waals surface area contributed by atoms with E-state index in [1.54, 1.807) is 7.11 Å². The van der Waals surface area contributed by atoms with Gasteiger partial charge in [-0.15, -0.1) is 0 Å². The Hall–Kier alpha value is -1.88. The lowest BCUT2D eigenvalue weighted by molar-refractivity contribution is 0.406. The Labute approximate surface area is 113 Å². The van der Waals surface area contributed by atoms with Crippen LogP contribution in [0.2, 0.25) is 0 Å². The van der Waals surface area contributed by atoms with E-state index in [9.17, 15) is 0 Å². The van der Waals surface area contributed by atoms with E-state index in [1.165, 1.54) is 0 Å². The van der Waals surface area contributed by atoms with Gasteiger partial charge in [0, 0.05) is 23.5 Å². The van der Waals surface area contributed by atoms with Gasteiger partial charge in [0.1, 0.15) is 5.75 Å². The van der Waals surface area contributed by atoms with Gasteiger partial charge in [0.2, 0.25) is 0 Å². The molecule has 0 aliphatic carbocycles. The largest absolute Gasteiger partial charge is 0.496 e. The van der Waals surface area contributed by atoms with E-state index in [-0.39, 0.29) is 0 Å². The van der Waals surface area contributed by atoms with Gasteiger partial charge in [-0.05, 0) is 32.4 Å². The minimum atomic E-state index is 0.640. The molecular weight excluding hydrogens is 240 g/mol. The smallest absolute Gasteiger partial charge is 0.128 e. The molecule has 0 amide bonds. The summed E-state index contributed by atoms with van der Waals surface area (Å²) in [6.45, 7) is 5.31. The molecule has 2 heterocycles. The maximum Gasteiger partial charge on any atom is 0.128 e. The van der Waals surface area contributed by atoms with Gasteiger partial charge >= 0.3 is 0 Å². The first-order valence-electron chi connectivity index (χ1n) is 6.36. The second-order valence-electron chi connectivity index (χ2n) is 4.63. The molecule has 0 atom stereocenters. The number of nitrogens with two attached hydrogens (primary N) is 1. The van der Waals surface area contributed by atoms with Gasteiger partial charge in [-0.2, -0.15) is 5.10 Å². The summed E-state index contributed by atoms with van der Waals surface area (Å²) in [5.41, 5.74) is 9.78. The van der Waals surface area contributed by atoms with Crippen molar-refractivity contribution in [3.8, 4) is 5.75 Å². The first kappa shape index (κ1) is 13.5. The Morgan fingerprint density at radius 1 is 1.32 bits per heavy atom. The van der Waals surface area contributed by atoms with Gasteiger partial charge in [-0.3, -0.25) is 9.67 Å². The molecular formula is C14H20N4O. The number of aryl methyl sites for hydroxylation is 1. The summed E-state index contributed by atoms with van der Waals surface area (Å²) in [6, 6.07) is 0. The summed E-state index contributed by atoms with van der Waals surface area (Å²) in [6.07, 6.45) is 6.56. The number of pyridine rings is 1. The summed E-state index contributed by atoms with van der Waals surface area (Å²) < 4.78 is 7.30. The molecule has 0 fully saturated rings. The fourth-order valence-electron chi connectivity index (χ4n) is 2.17. The topological polar surface area (TPSA) is 66.0 Å². The van der Waals surface area contributed by atoms with E-state index < -0.39 is 0 Å². The second-order valence-corrected chi connectivity index (χ2v) is 4.63. The molecule has 0 saturated carbocycles. The van der Waals surface area contributed by atoms with Crippen LogP contribution in [-0.2, 0) is 13.0 Å². The van der Waals surface area contributed by atoms with Crippen molar-refractivity contribution in [2.24, 2.45) is 5.73 Å². The van der Waals surface area contributed by atoms with Crippen LogP contribution in [0.1, 0.15) is 22.4 Å². The Bertz CT molecular complexity index is 563. The number of aromatic nitrogens is 3. The zero-order valence-corrected chi connectivity index (χ0v) is 11.7. The predicted octanol–water partition coefficient (Wildman–Crippen LogP) is 1.45. The molecule has 0 spiro atoms. The number of hydrogen-bond donors (Lipinski definition) is 1. The zero-order chi connectivity index (χ0) is 13.8. The van der Waals surface area contributed by atoms with Crippen molar-refractivity contribution in [2.75, 3.05) is 13.7 Å². The van der Waals surface area contributed by atoms with Crippen LogP contribution < -0.4 is 10.5 Å². The molecule has 2 aromatic rings. The van der Waals surface area contributed by atoms with Crippen LogP contribution in [0.3, 0.4) is 0 Å². The molecule has 2 N–H and O–H groups in total. The lowest BCUT2D eigenvalue weighted by Crippen LogP contribution is -2.06. The van der Waals surface area contributed by atoms with Gasteiger partial charge in [0.05, 0.1) is 25.5 Å². The van der Waals surface area contributed by atoms with Crippen LogP contribution in [0.5, 0.6) is 5.75 Å². The first-order chi connectivity index (χ1) is 9.15. The van der Waals surface area contributed by atoms with E-state index in [4.69, 9.17) is 10.5 Å². The zero-order valence-electron chi connectivity index (χ0n) is 11.7. The molecule has 5 nitrogen and oxygen atoms in total. The molecule has 0 unspecified atom stereocenters. The van der Waals surface area contributed by atoms with Crippen LogP contribution in [-0.4, -0.2) is 28.4 Å². The van der Waals surface area contributed by atoms with E-state index in [0.717, 1.165) is 34.6 Å². The van der Waals surface area contributed by atoms with E-state index in [2.05, 4.69) is 10.1 Å². The maximum absolute atomic E-state index is 5.54. The molecule has 0 bridgehead atoms. The van der Waals surface area contributed by atoms with Crippen LogP contribution in [0.4, 0.5) is 0 Å². The average molecular weight is 260 g/mol. The van der Waals surface area contributed by atoms with Crippen LogP contribution in [0, 0.1) is 13.8 Å². The highest BCUT2D eigenvalue weighted by Gasteiger charge is 2.10. The maximum atomic E-state index is 5.54. The van der Waals surface area contributed by atoms with Gasteiger partial charge in [0.15, 0.2) is 0 Å². The van der Waals surface area contributed by atoms with Crippen LogP contribution >= 0.6 is 0 Å². The van der Waals surface area contributed by atoms with Crippen molar-refractivity contribution < 1.29 is 4.74 Å². The van der Waals surface area contributed by atoms with Gasteiger partial charge in [-0.1, -0.05) is 0 Å². The van der Waals surface area contributed by atoms with Crippen LogP contribution in [0.25, 0.3) is 0 Å². The molecule has 5 heteroatoms. The Morgan fingerprint density at radius 2 is 2.11 bits per heavy atom. The van der Waals surface area contributed by atoms with Crippen molar-refractivity contribution in [3.63, 3.8) is 0 Å². The number of hydrogen-bond acceptors (Lipinski definition) is 4. The van der Waals surface area contributed by atoms with Gasteiger partial charge in [0.25, 0.3) is 0 Å². The van der Waals surface area contributed by atoms with Crippen molar-refractivity contribution in [1.82, 2.24) is 14.8 Å². The van der Waals surface area contributed by atoms with Crippen molar-refractivity contribution in [2.45, 2.75) is 26.8 Å². The third kappa shape index (κ3) is 2.93. The molecule has 19 heavy (non-hydrogen) atoms. The quantitative estimate of drug-likeness (QED) is 0.883. The lowest BCUT2D eigenvalue weighted by Gasteiger charge is -2.12. The summed E-state index contributed by atoms with van der Waals surface area (Å²) in [5, 5.41) is 4.33. The molecule has 0 aliphatic heterocycles. The number of rotatable bonds is 5. The first-order valence-corrected chi connectivity index (χ1v) is 6.36. The summed E-state index contributed by atoms with van der Waals surface area (Å²) in [4.78, 5) is 4.47. The highest BCUT2D eigenvalue weighted by atomic mass is 16.5. The van der Waals surface area contributed by atoms with Crippen molar-refractivity contribution in [3.05, 3.63) is 41.0 Å². The number of nitrogens with zero attached hydrogens (tertiary/aromatic N) is 3. The minimum absolute atomic E-state index is 0.640. The van der Waals surface area contributed by atoms with E-state index in [1.807, 2.05) is 37.1 Å². The van der Waals surface area contributed by atoms with Crippen molar-refractivity contribution >= 4 is 0 Å². The number of ether oxygens (including phenoxy) is 1. The molecule has 0 radical (unpaired) electrons. The molecule has 2 rings (SSSR count). The molecule has 0 saturated heterocycles. The number of methoxy groups -OCH3 is 1.